The molecule has 3 N–H and O–H groups in total. The smallest absolute Gasteiger partial charge is 0.121 e. The minimum absolute atomic E-state index is 0.573. The molecule has 0 aliphatic carbocycles. The van der Waals surface area contributed by atoms with Crippen LogP contribution >= 0.6 is 0 Å². The van der Waals surface area contributed by atoms with Crippen LogP contribution in [0.25, 0.3) is 11.0 Å². The molecule has 3 rings (SSSR count). The van der Waals surface area contributed by atoms with Crippen molar-refractivity contribution in [2.45, 2.75) is 6.42 Å². The molecule has 0 aliphatic rings. The van der Waals surface area contributed by atoms with Crippen LogP contribution < -0.4 is 10.5 Å². The lowest BCUT2D eigenvalue weighted by Gasteiger charge is -2.05. The van der Waals surface area contributed by atoms with E-state index in [2.05, 4.69) is 9.97 Å². The summed E-state index contributed by atoms with van der Waals surface area (Å²) in [6, 6.07) is 15.4. The fourth-order valence-corrected chi connectivity index (χ4v) is 1.99. The molecule has 0 amide bonds. The van der Waals surface area contributed by atoms with E-state index in [1.807, 2.05) is 48.5 Å². The number of hydrogen-bond acceptors (Lipinski definition) is 3. The number of aromatic amines is 1. The molecule has 4 heteroatoms. The van der Waals surface area contributed by atoms with E-state index in [1.54, 1.807) is 0 Å². The molecule has 19 heavy (non-hydrogen) atoms. The lowest BCUT2D eigenvalue weighted by Crippen LogP contribution is -2.02. The third kappa shape index (κ3) is 2.68. The summed E-state index contributed by atoms with van der Waals surface area (Å²) in [5.74, 6) is 1.72. The SMILES string of the molecule is Nc1cccc(OCCc2nc3ccccc3[nH]2)c1. The van der Waals surface area contributed by atoms with E-state index in [9.17, 15) is 0 Å². The molecule has 2 aromatic carbocycles. The van der Waals surface area contributed by atoms with Crippen molar-refractivity contribution in [1.82, 2.24) is 9.97 Å². The molecule has 0 spiro atoms. The van der Waals surface area contributed by atoms with E-state index in [1.165, 1.54) is 0 Å². The van der Waals surface area contributed by atoms with Gasteiger partial charge in [0.15, 0.2) is 0 Å². The summed E-state index contributed by atoms with van der Waals surface area (Å²) in [6.45, 7) is 0.573. The largest absolute Gasteiger partial charge is 0.493 e. The van der Waals surface area contributed by atoms with Crippen LogP contribution in [0.2, 0.25) is 0 Å². The Labute approximate surface area is 111 Å². The molecule has 0 radical (unpaired) electrons. The summed E-state index contributed by atoms with van der Waals surface area (Å²) in [7, 11) is 0. The Balaban J connectivity index is 1.63. The van der Waals surface area contributed by atoms with E-state index in [0.29, 0.717) is 12.3 Å². The molecule has 3 aromatic rings. The first kappa shape index (κ1) is 11.6. The Morgan fingerprint density at radius 3 is 2.84 bits per heavy atom. The van der Waals surface area contributed by atoms with Gasteiger partial charge in [0.1, 0.15) is 11.6 Å². The Bertz CT molecular complexity index is 657. The number of aromatic nitrogens is 2. The Hall–Kier alpha value is -2.49. The standard InChI is InChI=1S/C15H15N3O/c16-11-4-3-5-12(10-11)19-9-8-15-17-13-6-1-2-7-14(13)18-15/h1-7,10H,8-9,16H2,(H,17,18). The molecular weight excluding hydrogens is 238 g/mol. The van der Waals surface area contributed by atoms with Crippen molar-refractivity contribution < 1.29 is 4.74 Å². The number of nitrogens with zero attached hydrogens (tertiary/aromatic N) is 1. The molecule has 0 saturated heterocycles. The molecule has 4 nitrogen and oxygen atoms in total. The van der Waals surface area contributed by atoms with Gasteiger partial charge in [0, 0.05) is 18.2 Å². The summed E-state index contributed by atoms with van der Waals surface area (Å²) in [6.07, 6.45) is 0.740. The second-order valence-electron chi connectivity index (χ2n) is 4.37. The maximum Gasteiger partial charge on any atom is 0.121 e. The second-order valence-corrected chi connectivity index (χ2v) is 4.37. The fourth-order valence-electron chi connectivity index (χ4n) is 1.99. The number of H-pyrrole nitrogens is 1. The zero-order valence-electron chi connectivity index (χ0n) is 10.5. The summed E-state index contributed by atoms with van der Waals surface area (Å²) >= 11 is 0. The third-order valence-corrected chi connectivity index (χ3v) is 2.90. The fraction of sp³-hybridized carbons (Fsp3) is 0.133. The van der Waals surface area contributed by atoms with Gasteiger partial charge in [-0.25, -0.2) is 4.98 Å². The third-order valence-electron chi connectivity index (χ3n) is 2.90. The molecule has 0 fully saturated rings. The van der Waals surface area contributed by atoms with E-state index in [4.69, 9.17) is 10.5 Å². The van der Waals surface area contributed by atoms with Crippen molar-refractivity contribution in [2.75, 3.05) is 12.3 Å². The number of para-hydroxylation sites is 2. The van der Waals surface area contributed by atoms with Crippen LogP contribution in [0.5, 0.6) is 5.75 Å². The van der Waals surface area contributed by atoms with Crippen molar-refractivity contribution in [3.05, 3.63) is 54.4 Å². The number of fused-ring (bicyclic) bond motifs is 1. The minimum atomic E-state index is 0.573. The Morgan fingerprint density at radius 2 is 2.00 bits per heavy atom. The van der Waals surface area contributed by atoms with Crippen LogP contribution in [0.3, 0.4) is 0 Å². The highest BCUT2D eigenvalue weighted by Crippen LogP contribution is 2.15. The van der Waals surface area contributed by atoms with E-state index in [0.717, 1.165) is 29.0 Å². The number of imidazole rings is 1. The molecule has 1 aromatic heterocycles. The van der Waals surface area contributed by atoms with E-state index >= 15 is 0 Å². The zero-order chi connectivity index (χ0) is 13.1. The molecular formula is C15H15N3O. The molecule has 0 aliphatic heterocycles. The van der Waals surface area contributed by atoms with Crippen molar-refractivity contribution in [1.29, 1.82) is 0 Å². The predicted octanol–water partition coefficient (Wildman–Crippen LogP) is 2.77. The molecule has 0 unspecified atom stereocenters. The molecule has 0 bridgehead atoms. The van der Waals surface area contributed by atoms with Crippen LogP contribution in [-0.2, 0) is 6.42 Å². The summed E-state index contributed by atoms with van der Waals surface area (Å²) in [4.78, 5) is 7.78. The number of anilines is 1. The van der Waals surface area contributed by atoms with Gasteiger partial charge in [-0.2, -0.15) is 0 Å². The summed E-state index contributed by atoms with van der Waals surface area (Å²) in [5.41, 5.74) is 8.45. The average Bonchev–Trinajstić information content (AvgIpc) is 2.81. The highest BCUT2D eigenvalue weighted by molar-refractivity contribution is 5.74. The monoisotopic (exact) mass is 253 g/mol. The van der Waals surface area contributed by atoms with Gasteiger partial charge < -0.3 is 15.5 Å². The lowest BCUT2D eigenvalue weighted by atomic mass is 10.3. The molecule has 1 heterocycles. The summed E-state index contributed by atoms with van der Waals surface area (Å²) in [5, 5.41) is 0. The van der Waals surface area contributed by atoms with Crippen LogP contribution in [-0.4, -0.2) is 16.6 Å². The average molecular weight is 253 g/mol. The number of nitrogens with one attached hydrogen (secondary N) is 1. The van der Waals surface area contributed by atoms with E-state index < -0.39 is 0 Å². The molecule has 0 atom stereocenters. The number of nitrogen functional groups attached to an aromatic ring is 1. The van der Waals surface area contributed by atoms with Gasteiger partial charge >= 0.3 is 0 Å². The van der Waals surface area contributed by atoms with Crippen LogP contribution in [0.15, 0.2) is 48.5 Å². The van der Waals surface area contributed by atoms with Crippen molar-refractivity contribution in [3.63, 3.8) is 0 Å². The van der Waals surface area contributed by atoms with Gasteiger partial charge in [0.25, 0.3) is 0 Å². The second kappa shape index (κ2) is 5.02. The van der Waals surface area contributed by atoms with Crippen LogP contribution in [0, 0.1) is 0 Å². The number of nitrogens with two attached hydrogens (primary N) is 1. The van der Waals surface area contributed by atoms with Gasteiger partial charge in [-0.15, -0.1) is 0 Å². The number of benzene rings is 2. The van der Waals surface area contributed by atoms with E-state index in [-0.39, 0.29) is 0 Å². The highest BCUT2D eigenvalue weighted by Gasteiger charge is 2.02. The van der Waals surface area contributed by atoms with Gasteiger partial charge in [-0.05, 0) is 24.3 Å². The quantitative estimate of drug-likeness (QED) is 0.703. The zero-order valence-corrected chi connectivity index (χ0v) is 10.5. The Morgan fingerprint density at radius 1 is 1.11 bits per heavy atom. The maximum absolute atomic E-state index is 5.69. The molecule has 96 valence electrons. The normalized spacial score (nSPS) is 10.7. The topological polar surface area (TPSA) is 63.9 Å². The van der Waals surface area contributed by atoms with Crippen molar-refractivity contribution in [3.8, 4) is 5.75 Å². The summed E-state index contributed by atoms with van der Waals surface area (Å²) < 4.78 is 5.65. The van der Waals surface area contributed by atoms with Gasteiger partial charge in [0.05, 0.1) is 17.6 Å². The maximum atomic E-state index is 5.69. The number of ether oxygens (including phenoxy) is 1. The number of hydrogen-bond donors (Lipinski definition) is 2. The number of rotatable bonds is 4. The minimum Gasteiger partial charge on any atom is -0.493 e. The first-order valence-corrected chi connectivity index (χ1v) is 6.23. The predicted molar refractivity (Wildman–Crippen MR) is 76.1 cm³/mol. The van der Waals surface area contributed by atoms with Gasteiger partial charge in [-0.3, -0.25) is 0 Å². The lowest BCUT2D eigenvalue weighted by molar-refractivity contribution is 0.319. The van der Waals surface area contributed by atoms with Gasteiger partial charge in [-0.1, -0.05) is 18.2 Å². The first-order chi connectivity index (χ1) is 9.31. The first-order valence-electron chi connectivity index (χ1n) is 6.23. The highest BCUT2D eigenvalue weighted by atomic mass is 16.5. The van der Waals surface area contributed by atoms with Crippen LogP contribution in [0.4, 0.5) is 5.69 Å². The Kier molecular flexibility index (Phi) is 3.06. The van der Waals surface area contributed by atoms with Crippen LogP contribution in [0.1, 0.15) is 5.82 Å². The van der Waals surface area contributed by atoms with Gasteiger partial charge in [0.2, 0.25) is 0 Å². The van der Waals surface area contributed by atoms with Crippen molar-refractivity contribution >= 4 is 16.7 Å². The molecule has 0 saturated carbocycles. The van der Waals surface area contributed by atoms with Crippen molar-refractivity contribution in [2.24, 2.45) is 0 Å².